The quantitative estimate of drug-likeness (QED) is 0.475. The van der Waals surface area contributed by atoms with E-state index in [0.717, 1.165) is 45.0 Å². The topological polar surface area (TPSA) is 25.8 Å². The van der Waals surface area contributed by atoms with Crippen LogP contribution in [0.5, 0.6) is 0 Å². The van der Waals surface area contributed by atoms with Gasteiger partial charge in [-0.15, -0.1) is 0 Å². The van der Waals surface area contributed by atoms with Gasteiger partial charge in [-0.1, -0.05) is 29.8 Å². The molecule has 0 spiro atoms. The van der Waals surface area contributed by atoms with Gasteiger partial charge in [-0.2, -0.15) is 0 Å². The molecular weight excluding hydrogens is 268 g/mol. The molecular formula is C17H13ClN2. The van der Waals surface area contributed by atoms with Gasteiger partial charge in [0.05, 0.1) is 21.9 Å². The van der Waals surface area contributed by atoms with Crippen molar-refractivity contribution < 1.29 is 0 Å². The molecule has 2 aromatic heterocycles. The normalized spacial score (nSPS) is 12.6. The van der Waals surface area contributed by atoms with Crippen molar-refractivity contribution in [2.24, 2.45) is 0 Å². The third kappa shape index (κ3) is 1.52. The van der Waals surface area contributed by atoms with Gasteiger partial charge in [-0.25, -0.2) is 4.98 Å². The number of aryl methyl sites for hydroxylation is 2. The summed E-state index contributed by atoms with van der Waals surface area (Å²) in [6.07, 6.45) is 0.782. The van der Waals surface area contributed by atoms with Gasteiger partial charge in [-0.3, -0.25) is 4.98 Å². The summed E-state index contributed by atoms with van der Waals surface area (Å²) >= 11 is 6.60. The maximum atomic E-state index is 6.60. The number of benzene rings is 1. The van der Waals surface area contributed by atoms with Crippen LogP contribution in [0.3, 0.4) is 0 Å². The van der Waals surface area contributed by atoms with Crippen molar-refractivity contribution in [3.05, 3.63) is 57.9 Å². The molecule has 0 saturated heterocycles. The maximum Gasteiger partial charge on any atom is 0.0781 e. The first-order valence-corrected chi connectivity index (χ1v) is 7.07. The molecule has 4 rings (SSSR count). The lowest BCUT2D eigenvalue weighted by Crippen LogP contribution is -1.93. The Hall–Kier alpha value is -1.93. The molecule has 3 heteroatoms. The minimum atomic E-state index is 0.782. The summed E-state index contributed by atoms with van der Waals surface area (Å²) < 4.78 is 0. The van der Waals surface area contributed by atoms with Crippen molar-refractivity contribution in [2.75, 3.05) is 0 Å². The van der Waals surface area contributed by atoms with Crippen molar-refractivity contribution in [1.82, 2.24) is 9.97 Å². The van der Waals surface area contributed by atoms with Crippen LogP contribution in [0.25, 0.3) is 22.2 Å². The monoisotopic (exact) mass is 280 g/mol. The molecule has 0 amide bonds. The van der Waals surface area contributed by atoms with Gasteiger partial charge in [0, 0.05) is 28.6 Å². The SMILES string of the molecule is Cc1cc(C)c2c(n1)Cc1c-2nc2ccccc2c1Cl. The Morgan fingerprint density at radius 1 is 1.10 bits per heavy atom. The van der Waals surface area contributed by atoms with Crippen molar-refractivity contribution in [2.45, 2.75) is 20.3 Å². The number of aromatic nitrogens is 2. The highest BCUT2D eigenvalue weighted by Crippen LogP contribution is 2.42. The van der Waals surface area contributed by atoms with Crippen LogP contribution < -0.4 is 0 Å². The van der Waals surface area contributed by atoms with Gasteiger partial charge in [0.15, 0.2) is 0 Å². The van der Waals surface area contributed by atoms with Gasteiger partial charge < -0.3 is 0 Å². The summed E-state index contributed by atoms with van der Waals surface area (Å²) in [5.41, 5.74) is 7.61. The summed E-state index contributed by atoms with van der Waals surface area (Å²) in [5.74, 6) is 0. The summed E-state index contributed by atoms with van der Waals surface area (Å²) in [4.78, 5) is 9.49. The third-order valence-corrected chi connectivity index (χ3v) is 4.36. The molecule has 0 aliphatic heterocycles. The van der Waals surface area contributed by atoms with E-state index in [2.05, 4.69) is 18.0 Å². The zero-order valence-corrected chi connectivity index (χ0v) is 12.1. The molecule has 0 bridgehead atoms. The molecule has 0 unspecified atom stereocenters. The average Bonchev–Trinajstić information content (AvgIpc) is 2.78. The molecule has 3 aromatic rings. The number of rotatable bonds is 0. The minimum absolute atomic E-state index is 0.782. The molecule has 1 aromatic carbocycles. The standard InChI is InChI=1S/C17H13ClN2/c1-9-7-10(2)19-14-8-12-16(18)11-5-3-4-6-13(11)20-17(12)15(9)14/h3-7H,8H2,1-2H3. The largest absolute Gasteiger partial charge is 0.257 e. The predicted octanol–water partition coefficient (Wildman–Crippen LogP) is 4.47. The smallest absolute Gasteiger partial charge is 0.0781 e. The average molecular weight is 281 g/mol. The van der Waals surface area contributed by atoms with E-state index in [0.29, 0.717) is 0 Å². The molecule has 0 atom stereocenters. The number of pyridine rings is 2. The molecule has 0 saturated carbocycles. The first-order valence-electron chi connectivity index (χ1n) is 6.70. The Kier molecular flexibility index (Phi) is 2.39. The molecule has 2 nitrogen and oxygen atoms in total. The predicted molar refractivity (Wildman–Crippen MR) is 82.3 cm³/mol. The molecule has 1 aliphatic carbocycles. The van der Waals surface area contributed by atoms with E-state index in [4.69, 9.17) is 16.6 Å². The van der Waals surface area contributed by atoms with E-state index in [9.17, 15) is 0 Å². The fourth-order valence-corrected chi connectivity index (χ4v) is 3.43. The van der Waals surface area contributed by atoms with Crippen molar-refractivity contribution in [1.29, 1.82) is 0 Å². The molecule has 2 heterocycles. The van der Waals surface area contributed by atoms with Crippen molar-refractivity contribution in [3.63, 3.8) is 0 Å². The molecule has 1 aliphatic rings. The lowest BCUT2D eigenvalue weighted by molar-refractivity contribution is 1.07. The number of nitrogens with zero attached hydrogens (tertiary/aromatic N) is 2. The Morgan fingerprint density at radius 3 is 2.75 bits per heavy atom. The number of halogens is 1. The van der Waals surface area contributed by atoms with Crippen LogP contribution in [0.4, 0.5) is 0 Å². The molecule has 0 N–H and O–H groups in total. The Balaban J connectivity index is 2.11. The Bertz CT molecular complexity index is 868. The van der Waals surface area contributed by atoms with Crippen LogP contribution in [0, 0.1) is 13.8 Å². The van der Waals surface area contributed by atoms with Gasteiger partial charge >= 0.3 is 0 Å². The van der Waals surface area contributed by atoms with E-state index in [1.807, 2.05) is 31.2 Å². The second-order valence-corrected chi connectivity index (χ2v) is 5.73. The fourth-order valence-electron chi connectivity index (χ4n) is 3.11. The highest BCUT2D eigenvalue weighted by Gasteiger charge is 2.26. The summed E-state index contributed by atoms with van der Waals surface area (Å²) in [6.45, 7) is 4.15. The van der Waals surface area contributed by atoms with Crippen molar-refractivity contribution in [3.8, 4) is 11.3 Å². The number of hydrogen-bond acceptors (Lipinski definition) is 2. The number of fused-ring (bicyclic) bond motifs is 4. The lowest BCUT2D eigenvalue weighted by Gasteiger charge is -2.08. The van der Waals surface area contributed by atoms with Gasteiger partial charge in [0.2, 0.25) is 0 Å². The zero-order chi connectivity index (χ0) is 13.9. The molecule has 0 radical (unpaired) electrons. The second-order valence-electron chi connectivity index (χ2n) is 5.35. The van der Waals surface area contributed by atoms with Crippen LogP contribution in [0.1, 0.15) is 22.5 Å². The Morgan fingerprint density at radius 2 is 1.90 bits per heavy atom. The summed E-state index contributed by atoms with van der Waals surface area (Å²) in [7, 11) is 0. The van der Waals surface area contributed by atoms with Crippen LogP contribution in [-0.2, 0) is 6.42 Å². The van der Waals surface area contributed by atoms with E-state index in [1.54, 1.807) is 0 Å². The van der Waals surface area contributed by atoms with E-state index in [1.165, 1.54) is 11.1 Å². The number of para-hydroxylation sites is 1. The number of hydrogen-bond donors (Lipinski definition) is 0. The van der Waals surface area contributed by atoms with E-state index in [-0.39, 0.29) is 0 Å². The van der Waals surface area contributed by atoms with Crippen molar-refractivity contribution >= 4 is 22.5 Å². The zero-order valence-electron chi connectivity index (χ0n) is 11.4. The Labute approximate surface area is 122 Å². The summed E-state index contributed by atoms with van der Waals surface area (Å²) in [5, 5.41) is 1.84. The van der Waals surface area contributed by atoms with E-state index < -0.39 is 0 Å². The van der Waals surface area contributed by atoms with Crippen LogP contribution in [-0.4, -0.2) is 9.97 Å². The first-order chi connectivity index (χ1) is 9.65. The molecule has 0 fully saturated rings. The molecule has 20 heavy (non-hydrogen) atoms. The lowest BCUT2D eigenvalue weighted by atomic mass is 10.1. The van der Waals surface area contributed by atoms with Crippen LogP contribution in [0.2, 0.25) is 5.02 Å². The second kappa shape index (κ2) is 4.03. The van der Waals surface area contributed by atoms with Gasteiger partial charge in [0.1, 0.15) is 0 Å². The van der Waals surface area contributed by atoms with Gasteiger partial charge in [0.25, 0.3) is 0 Å². The van der Waals surface area contributed by atoms with E-state index >= 15 is 0 Å². The van der Waals surface area contributed by atoms with Crippen LogP contribution >= 0.6 is 11.6 Å². The minimum Gasteiger partial charge on any atom is -0.257 e. The molecule has 98 valence electrons. The summed E-state index contributed by atoms with van der Waals surface area (Å²) in [6, 6.07) is 10.1. The first kappa shape index (κ1) is 11.9. The highest BCUT2D eigenvalue weighted by molar-refractivity contribution is 6.36. The maximum absolute atomic E-state index is 6.60. The fraction of sp³-hybridized carbons (Fsp3) is 0.176. The van der Waals surface area contributed by atoms with Gasteiger partial charge in [-0.05, 0) is 31.5 Å². The third-order valence-electron chi connectivity index (χ3n) is 3.92. The van der Waals surface area contributed by atoms with Crippen LogP contribution in [0.15, 0.2) is 30.3 Å². The highest BCUT2D eigenvalue weighted by atomic mass is 35.5.